The number of nitrogens with two attached hydrogens (primary N) is 1. The van der Waals surface area contributed by atoms with Gasteiger partial charge in [-0.25, -0.2) is 18.4 Å². The topological polar surface area (TPSA) is 99.6 Å². The van der Waals surface area contributed by atoms with Gasteiger partial charge in [-0.2, -0.15) is 0 Å². The lowest BCUT2D eigenvalue weighted by molar-refractivity contribution is 0.330. The highest BCUT2D eigenvalue weighted by Crippen LogP contribution is 2.35. The van der Waals surface area contributed by atoms with Gasteiger partial charge in [-0.1, -0.05) is 11.6 Å². The van der Waals surface area contributed by atoms with E-state index >= 15 is 0 Å². The van der Waals surface area contributed by atoms with Crippen LogP contribution in [0.2, 0.25) is 5.15 Å². The van der Waals surface area contributed by atoms with Crippen LogP contribution in [0.5, 0.6) is 5.75 Å². The second-order valence-corrected chi connectivity index (χ2v) is 10.1. The van der Waals surface area contributed by atoms with Crippen LogP contribution in [0.4, 0.5) is 5.82 Å². The summed E-state index contributed by atoms with van der Waals surface area (Å²) in [6, 6.07) is 4.93. The van der Waals surface area contributed by atoms with E-state index in [9.17, 15) is 8.42 Å². The monoisotopic (exact) mass is 408 g/mol. The minimum absolute atomic E-state index is 0.108. The second kappa shape index (κ2) is 6.69. The minimum Gasteiger partial charge on any atom is -0.492 e. The van der Waals surface area contributed by atoms with Gasteiger partial charge in [0.15, 0.2) is 9.84 Å². The van der Waals surface area contributed by atoms with Crippen molar-refractivity contribution in [1.82, 2.24) is 14.4 Å². The molecule has 3 aromatic heterocycles. The fraction of sp³-hybridized carbons (Fsp3) is 0.333. The van der Waals surface area contributed by atoms with E-state index in [0.717, 1.165) is 0 Å². The molecule has 0 aliphatic heterocycles. The van der Waals surface area contributed by atoms with Crippen molar-refractivity contribution < 1.29 is 13.2 Å². The molecule has 3 heterocycles. The van der Waals surface area contributed by atoms with E-state index < -0.39 is 14.6 Å². The Morgan fingerprint density at radius 3 is 2.56 bits per heavy atom. The standard InChI is InChI=1S/C18H21ClN4O3S/c1-5-26-13-8-17-21-9-12(11-6-15(19)22-16(20)7-11)23(17)10-14(13)27(24,25)18(2,3)4/h6-10H,5H2,1-4H3,(H2,20,22). The summed E-state index contributed by atoms with van der Waals surface area (Å²) < 4.78 is 32.5. The number of hydrogen-bond acceptors (Lipinski definition) is 6. The van der Waals surface area contributed by atoms with Crippen molar-refractivity contribution in [2.45, 2.75) is 37.3 Å². The molecular formula is C18H21ClN4O3S. The summed E-state index contributed by atoms with van der Waals surface area (Å²) in [6.45, 7) is 7.10. The summed E-state index contributed by atoms with van der Waals surface area (Å²) in [5, 5.41) is 0.244. The number of hydrogen-bond donors (Lipinski definition) is 1. The third kappa shape index (κ3) is 3.46. The summed E-state index contributed by atoms with van der Waals surface area (Å²) in [4.78, 5) is 8.42. The smallest absolute Gasteiger partial charge is 0.188 e. The molecule has 0 bridgehead atoms. The number of ether oxygens (including phenoxy) is 1. The van der Waals surface area contributed by atoms with Crippen LogP contribution >= 0.6 is 11.6 Å². The zero-order valence-electron chi connectivity index (χ0n) is 15.5. The normalized spacial score (nSPS) is 12.5. The first-order valence-electron chi connectivity index (χ1n) is 8.36. The second-order valence-electron chi connectivity index (χ2n) is 7.03. The van der Waals surface area contributed by atoms with Crippen LogP contribution in [0, 0.1) is 0 Å². The molecule has 3 aromatic rings. The van der Waals surface area contributed by atoms with E-state index in [4.69, 9.17) is 22.1 Å². The Balaban J connectivity index is 2.31. The van der Waals surface area contributed by atoms with Crippen LogP contribution in [0.15, 0.2) is 35.5 Å². The van der Waals surface area contributed by atoms with Crippen molar-refractivity contribution in [2.24, 2.45) is 0 Å². The Labute approximate surface area is 163 Å². The zero-order valence-corrected chi connectivity index (χ0v) is 17.1. The predicted octanol–water partition coefficient (Wildman–Crippen LogP) is 3.60. The van der Waals surface area contributed by atoms with Gasteiger partial charge < -0.3 is 10.5 Å². The first-order valence-corrected chi connectivity index (χ1v) is 10.2. The molecular weight excluding hydrogens is 388 g/mol. The summed E-state index contributed by atoms with van der Waals surface area (Å²) in [6.07, 6.45) is 3.16. The maximum Gasteiger partial charge on any atom is 0.188 e. The van der Waals surface area contributed by atoms with E-state index in [1.807, 2.05) is 0 Å². The van der Waals surface area contributed by atoms with Gasteiger partial charge in [0.1, 0.15) is 27.3 Å². The van der Waals surface area contributed by atoms with E-state index in [1.54, 1.807) is 56.5 Å². The van der Waals surface area contributed by atoms with Gasteiger partial charge in [0.25, 0.3) is 0 Å². The molecule has 7 nitrogen and oxygen atoms in total. The predicted molar refractivity (Wildman–Crippen MR) is 106 cm³/mol. The average Bonchev–Trinajstić information content (AvgIpc) is 2.95. The molecule has 0 saturated heterocycles. The van der Waals surface area contributed by atoms with Crippen molar-refractivity contribution in [1.29, 1.82) is 0 Å². The maximum absolute atomic E-state index is 13.1. The van der Waals surface area contributed by atoms with Gasteiger partial charge >= 0.3 is 0 Å². The molecule has 0 atom stereocenters. The van der Waals surface area contributed by atoms with Crippen LogP contribution in [-0.2, 0) is 9.84 Å². The fourth-order valence-electron chi connectivity index (χ4n) is 2.67. The van der Waals surface area contributed by atoms with Crippen molar-refractivity contribution in [3.63, 3.8) is 0 Å². The first kappa shape index (κ1) is 19.4. The van der Waals surface area contributed by atoms with Gasteiger partial charge in [-0.15, -0.1) is 0 Å². The molecule has 9 heteroatoms. The van der Waals surface area contributed by atoms with Gasteiger partial charge in [0.2, 0.25) is 0 Å². The van der Waals surface area contributed by atoms with Crippen molar-refractivity contribution in [2.75, 3.05) is 12.3 Å². The molecule has 144 valence electrons. The summed E-state index contributed by atoms with van der Waals surface area (Å²) in [5.74, 6) is 0.547. The van der Waals surface area contributed by atoms with Gasteiger partial charge in [0, 0.05) is 17.8 Å². The SMILES string of the molecule is CCOc1cc2ncc(-c3cc(N)nc(Cl)c3)n2cc1S(=O)(=O)C(C)(C)C. The molecule has 2 N–H and O–H groups in total. The molecule has 0 saturated carbocycles. The summed E-state index contributed by atoms with van der Waals surface area (Å²) in [7, 11) is -3.65. The van der Waals surface area contributed by atoms with Crippen molar-refractivity contribution in [3.8, 4) is 17.0 Å². The van der Waals surface area contributed by atoms with E-state index in [1.165, 1.54) is 6.20 Å². The van der Waals surface area contributed by atoms with Crippen LogP contribution in [0.1, 0.15) is 27.7 Å². The molecule has 0 amide bonds. The van der Waals surface area contributed by atoms with Crippen LogP contribution < -0.4 is 10.5 Å². The molecule has 0 unspecified atom stereocenters. The highest BCUT2D eigenvalue weighted by Gasteiger charge is 2.34. The van der Waals surface area contributed by atoms with Crippen LogP contribution in [0.3, 0.4) is 0 Å². The maximum atomic E-state index is 13.1. The van der Waals surface area contributed by atoms with Gasteiger partial charge in [0.05, 0.1) is 23.2 Å². The first-order chi connectivity index (χ1) is 12.5. The molecule has 0 aliphatic rings. The van der Waals surface area contributed by atoms with E-state index in [-0.39, 0.29) is 21.6 Å². The number of imidazole rings is 1. The Bertz CT molecular complexity index is 1100. The molecule has 27 heavy (non-hydrogen) atoms. The number of aromatic nitrogens is 3. The molecule has 0 radical (unpaired) electrons. The van der Waals surface area contributed by atoms with Crippen LogP contribution in [0.25, 0.3) is 16.9 Å². The molecule has 0 spiro atoms. The fourth-order valence-corrected chi connectivity index (χ4v) is 4.17. The quantitative estimate of drug-likeness (QED) is 0.662. The lowest BCUT2D eigenvalue weighted by Gasteiger charge is -2.21. The number of nitrogen functional groups attached to an aromatic ring is 1. The highest BCUT2D eigenvalue weighted by atomic mass is 35.5. The Morgan fingerprint density at radius 1 is 1.26 bits per heavy atom. The third-order valence-electron chi connectivity index (χ3n) is 4.08. The minimum atomic E-state index is -3.65. The number of fused-ring (bicyclic) bond motifs is 1. The lowest BCUT2D eigenvalue weighted by atomic mass is 10.2. The Hall–Kier alpha value is -2.32. The molecule has 3 rings (SSSR count). The average molecular weight is 409 g/mol. The summed E-state index contributed by atoms with van der Waals surface area (Å²) >= 11 is 6.01. The van der Waals surface area contributed by atoms with Crippen molar-refractivity contribution in [3.05, 3.63) is 35.7 Å². The Morgan fingerprint density at radius 2 is 1.96 bits per heavy atom. The highest BCUT2D eigenvalue weighted by molar-refractivity contribution is 7.92. The zero-order chi connectivity index (χ0) is 20.0. The van der Waals surface area contributed by atoms with Crippen LogP contribution in [-0.4, -0.2) is 34.1 Å². The van der Waals surface area contributed by atoms with E-state index in [0.29, 0.717) is 23.5 Å². The molecule has 0 fully saturated rings. The largest absolute Gasteiger partial charge is 0.492 e. The lowest BCUT2D eigenvalue weighted by Crippen LogP contribution is -2.28. The summed E-state index contributed by atoms with van der Waals surface area (Å²) in [5.41, 5.74) is 7.67. The number of halogens is 1. The number of pyridine rings is 2. The van der Waals surface area contributed by atoms with Gasteiger partial charge in [-0.05, 0) is 39.8 Å². The third-order valence-corrected chi connectivity index (χ3v) is 6.77. The molecule has 0 aromatic carbocycles. The number of rotatable bonds is 4. The molecule has 0 aliphatic carbocycles. The van der Waals surface area contributed by atoms with E-state index in [2.05, 4.69) is 9.97 Å². The van der Waals surface area contributed by atoms with Gasteiger partial charge in [-0.3, -0.25) is 4.40 Å². The number of anilines is 1. The number of sulfone groups is 1. The number of nitrogens with zero attached hydrogens (tertiary/aromatic N) is 3. The van der Waals surface area contributed by atoms with Crippen molar-refractivity contribution >= 4 is 32.9 Å². The Kier molecular flexibility index (Phi) is 4.81.